The first kappa shape index (κ1) is 16.7. The highest BCUT2D eigenvalue weighted by Gasteiger charge is 2.07. The van der Waals surface area contributed by atoms with E-state index in [9.17, 15) is 4.79 Å². The Balaban J connectivity index is 2.25. The van der Waals surface area contributed by atoms with Gasteiger partial charge in [-0.1, -0.05) is 45.2 Å². The minimum atomic E-state index is 0.0287. The van der Waals surface area contributed by atoms with Gasteiger partial charge in [-0.2, -0.15) is 0 Å². The van der Waals surface area contributed by atoms with Crippen molar-refractivity contribution in [2.24, 2.45) is 5.92 Å². The molecule has 0 saturated carbocycles. The average molecular weight is 276 g/mol. The van der Waals surface area contributed by atoms with E-state index in [2.05, 4.69) is 24.5 Å². The molecule has 3 heteroatoms. The number of hydrogen-bond acceptors (Lipinski definition) is 2. The van der Waals surface area contributed by atoms with Crippen molar-refractivity contribution in [2.75, 3.05) is 18.4 Å². The molecule has 1 unspecified atom stereocenters. The number of carbonyl (C=O) groups excluding carboxylic acids is 1. The summed E-state index contributed by atoms with van der Waals surface area (Å²) in [7, 11) is 0. The smallest absolute Gasteiger partial charge is 0.238 e. The minimum absolute atomic E-state index is 0.0287. The first-order valence-corrected chi connectivity index (χ1v) is 7.73. The molecule has 3 nitrogen and oxygen atoms in total. The molecule has 0 bridgehead atoms. The van der Waals surface area contributed by atoms with Crippen LogP contribution in [0.3, 0.4) is 0 Å². The maximum absolute atomic E-state index is 11.8. The van der Waals surface area contributed by atoms with E-state index in [0.29, 0.717) is 12.5 Å². The molecule has 1 amide bonds. The van der Waals surface area contributed by atoms with Gasteiger partial charge in [0, 0.05) is 5.69 Å². The third kappa shape index (κ3) is 6.71. The van der Waals surface area contributed by atoms with Crippen LogP contribution in [0.15, 0.2) is 24.3 Å². The zero-order valence-corrected chi connectivity index (χ0v) is 13.0. The first-order chi connectivity index (χ1) is 9.65. The average Bonchev–Trinajstić information content (AvgIpc) is 2.42. The molecule has 0 radical (unpaired) electrons. The Morgan fingerprint density at radius 2 is 2.10 bits per heavy atom. The standard InChI is InChI=1S/C17H28N2O/c1-4-6-9-15(5-2)12-18-13-17(20)19-16-10-7-8-14(3)11-16/h7-8,10-11,15,18H,4-6,9,12-13H2,1-3H3,(H,19,20). The third-order valence-corrected chi connectivity index (χ3v) is 3.56. The monoisotopic (exact) mass is 276 g/mol. The Bertz CT molecular complexity index is 404. The SMILES string of the molecule is CCCCC(CC)CNCC(=O)Nc1cccc(C)c1. The fourth-order valence-corrected chi connectivity index (χ4v) is 2.26. The Morgan fingerprint density at radius 1 is 1.30 bits per heavy atom. The molecule has 0 aliphatic rings. The van der Waals surface area contributed by atoms with Crippen LogP contribution < -0.4 is 10.6 Å². The van der Waals surface area contributed by atoms with Crippen LogP contribution in [-0.4, -0.2) is 19.0 Å². The Labute approximate surface area is 123 Å². The van der Waals surface area contributed by atoms with Gasteiger partial charge in [0.2, 0.25) is 5.91 Å². The molecular formula is C17H28N2O. The highest BCUT2D eigenvalue weighted by atomic mass is 16.1. The molecule has 0 saturated heterocycles. The molecule has 0 spiro atoms. The number of hydrogen-bond donors (Lipinski definition) is 2. The molecule has 2 N–H and O–H groups in total. The van der Waals surface area contributed by atoms with E-state index in [-0.39, 0.29) is 5.91 Å². The molecule has 0 aliphatic heterocycles. The minimum Gasteiger partial charge on any atom is -0.325 e. The second-order valence-corrected chi connectivity index (χ2v) is 5.47. The second-order valence-electron chi connectivity index (χ2n) is 5.47. The Hall–Kier alpha value is -1.35. The van der Waals surface area contributed by atoms with Gasteiger partial charge in [-0.3, -0.25) is 4.79 Å². The zero-order chi connectivity index (χ0) is 14.8. The predicted octanol–water partition coefficient (Wildman–Crippen LogP) is 3.74. The summed E-state index contributed by atoms with van der Waals surface area (Å²) in [6, 6.07) is 7.87. The lowest BCUT2D eigenvalue weighted by molar-refractivity contribution is -0.115. The summed E-state index contributed by atoms with van der Waals surface area (Å²) in [5, 5.41) is 6.18. The number of amides is 1. The van der Waals surface area contributed by atoms with Crippen molar-refractivity contribution >= 4 is 11.6 Å². The van der Waals surface area contributed by atoms with Crippen LogP contribution in [0.1, 0.15) is 45.1 Å². The van der Waals surface area contributed by atoms with Gasteiger partial charge in [0.1, 0.15) is 0 Å². The largest absolute Gasteiger partial charge is 0.325 e. The molecule has 1 atom stereocenters. The van der Waals surface area contributed by atoms with Gasteiger partial charge in [0.25, 0.3) is 0 Å². The number of carbonyl (C=O) groups is 1. The van der Waals surface area contributed by atoms with Crippen molar-refractivity contribution in [3.8, 4) is 0 Å². The van der Waals surface area contributed by atoms with Gasteiger partial charge in [-0.25, -0.2) is 0 Å². The maximum atomic E-state index is 11.8. The van der Waals surface area contributed by atoms with E-state index in [1.165, 1.54) is 25.7 Å². The number of aryl methyl sites for hydroxylation is 1. The molecule has 112 valence electrons. The quantitative estimate of drug-likeness (QED) is 0.721. The van der Waals surface area contributed by atoms with Crippen molar-refractivity contribution in [3.63, 3.8) is 0 Å². The van der Waals surface area contributed by atoms with E-state index in [4.69, 9.17) is 0 Å². The Morgan fingerprint density at radius 3 is 2.75 bits per heavy atom. The second kappa shape index (κ2) is 9.54. The number of nitrogens with one attached hydrogen (secondary N) is 2. The summed E-state index contributed by atoms with van der Waals surface area (Å²) >= 11 is 0. The van der Waals surface area contributed by atoms with Crippen LogP contribution in [-0.2, 0) is 4.79 Å². The van der Waals surface area contributed by atoms with Gasteiger partial charge in [0.05, 0.1) is 6.54 Å². The maximum Gasteiger partial charge on any atom is 0.238 e. The van der Waals surface area contributed by atoms with Crippen LogP contribution >= 0.6 is 0 Å². The fourth-order valence-electron chi connectivity index (χ4n) is 2.26. The normalized spacial score (nSPS) is 12.2. The molecule has 0 fully saturated rings. The number of benzene rings is 1. The van der Waals surface area contributed by atoms with Gasteiger partial charge in [-0.15, -0.1) is 0 Å². The lowest BCUT2D eigenvalue weighted by Crippen LogP contribution is -2.31. The summed E-state index contributed by atoms with van der Waals surface area (Å²) in [6.07, 6.45) is 4.94. The topological polar surface area (TPSA) is 41.1 Å². The van der Waals surface area contributed by atoms with Crippen molar-refractivity contribution < 1.29 is 4.79 Å². The van der Waals surface area contributed by atoms with Crippen LogP contribution in [0.5, 0.6) is 0 Å². The molecule has 20 heavy (non-hydrogen) atoms. The summed E-state index contributed by atoms with van der Waals surface area (Å²) in [5.74, 6) is 0.711. The summed E-state index contributed by atoms with van der Waals surface area (Å²) in [4.78, 5) is 11.8. The van der Waals surface area contributed by atoms with Crippen LogP contribution in [0.4, 0.5) is 5.69 Å². The van der Waals surface area contributed by atoms with E-state index in [1.807, 2.05) is 31.2 Å². The number of anilines is 1. The van der Waals surface area contributed by atoms with Gasteiger partial charge >= 0.3 is 0 Å². The summed E-state index contributed by atoms with van der Waals surface area (Å²) in [6.45, 7) is 7.77. The molecule has 1 rings (SSSR count). The van der Waals surface area contributed by atoms with Crippen LogP contribution in [0.25, 0.3) is 0 Å². The molecule has 0 heterocycles. The third-order valence-electron chi connectivity index (χ3n) is 3.56. The van der Waals surface area contributed by atoms with Crippen molar-refractivity contribution in [3.05, 3.63) is 29.8 Å². The molecular weight excluding hydrogens is 248 g/mol. The summed E-state index contributed by atoms with van der Waals surface area (Å²) < 4.78 is 0. The van der Waals surface area contributed by atoms with E-state index in [1.54, 1.807) is 0 Å². The first-order valence-electron chi connectivity index (χ1n) is 7.73. The zero-order valence-electron chi connectivity index (χ0n) is 13.0. The van der Waals surface area contributed by atoms with E-state index in [0.717, 1.165) is 17.8 Å². The van der Waals surface area contributed by atoms with Crippen LogP contribution in [0, 0.1) is 12.8 Å². The highest BCUT2D eigenvalue weighted by Crippen LogP contribution is 2.11. The molecule has 0 aliphatic carbocycles. The van der Waals surface area contributed by atoms with Crippen molar-refractivity contribution in [2.45, 2.75) is 46.5 Å². The molecule has 0 aromatic heterocycles. The lowest BCUT2D eigenvalue weighted by Gasteiger charge is -2.15. The van der Waals surface area contributed by atoms with Crippen molar-refractivity contribution in [1.29, 1.82) is 0 Å². The van der Waals surface area contributed by atoms with Crippen molar-refractivity contribution in [1.82, 2.24) is 5.32 Å². The van der Waals surface area contributed by atoms with Crippen LogP contribution in [0.2, 0.25) is 0 Å². The number of unbranched alkanes of at least 4 members (excludes halogenated alkanes) is 1. The highest BCUT2D eigenvalue weighted by molar-refractivity contribution is 5.92. The number of rotatable bonds is 9. The lowest BCUT2D eigenvalue weighted by atomic mass is 9.99. The fraction of sp³-hybridized carbons (Fsp3) is 0.588. The molecule has 1 aromatic rings. The Kier molecular flexibility index (Phi) is 7.97. The molecule has 1 aromatic carbocycles. The van der Waals surface area contributed by atoms with Gasteiger partial charge < -0.3 is 10.6 Å². The van der Waals surface area contributed by atoms with E-state index < -0.39 is 0 Å². The predicted molar refractivity (Wildman–Crippen MR) is 86.0 cm³/mol. The summed E-state index contributed by atoms with van der Waals surface area (Å²) in [5.41, 5.74) is 2.02. The van der Waals surface area contributed by atoms with Gasteiger partial charge in [0.15, 0.2) is 0 Å². The van der Waals surface area contributed by atoms with E-state index >= 15 is 0 Å². The van der Waals surface area contributed by atoms with Gasteiger partial charge in [-0.05, 0) is 43.5 Å².